The van der Waals surface area contributed by atoms with Gasteiger partial charge in [-0.2, -0.15) is 13.5 Å². The Morgan fingerprint density at radius 2 is 1.97 bits per heavy atom. The molecule has 0 aliphatic rings. The Labute approximate surface area is 173 Å². The zero-order valence-corrected chi connectivity index (χ0v) is 17.5. The smallest absolute Gasteiger partial charge is 0.417 e. The van der Waals surface area contributed by atoms with Crippen molar-refractivity contribution in [2.45, 2.75) is 31.6 Å². The van der Waals surface area contributed by atoms with Crippen molar-refractivity contribution >= 4 is 27.3 Å². The summed E-state index contributed by atoms with van der Waals surface area (Å²) >= 11 is 0. The van der Waals surface area contributed by atoms with Crippen molar-refractivity contribution in [3.63, 3.8) is 0 Å². The summed E-state index contributed by atoms with van der Waals surface area (Å²) in [5.74, 6) is 0.537. The highest BCUT2D eigenvalue weighted by atomic mass is 32.2. The Morgan fingerprint density at radius 1 is 1.13 bits per heavy atom. The quantitative estimate of drug-likeness (QED) is 0.288. The van der Waals surface area contributed by atoms with Crippen molar-refractivity contribution in [1.29, 1.82) is 0 Å². The van der Waals surface area contributed by atoms with Gasteiger partial charge in [0.25, 0.3) is 10.0 Å². The maximum absolute atomic E-state index is 12.4. The number of rotatable bonds is 10. The molecule has 2 aromatic carbocycles. The number of aromatic amines is 1. The van der Waals surface area contributed by atoms with Crippen LogP contribution in [0.5, 0.6) is 11.5 Å². The molecule has 0 aliphatic carbocycles. The fraction of sp³-hybridized carbons (Fsp3) is 0.300. The minimum atomic E-state index is -3.94. The Kier molecular flexibility index (Phi) is 6.78. The molecule has 9 nitrogen and oxygen atoms in total. The SMILES string of the molecule is CCCCOc1ccc(/C=N/NS(=O)(=O)c2ccc3[nH]c(=O)oc3c2)cc1OCC. The molecule has 1 aromatic heterocycles. The number of hydrazone groups is 1. The van der Waals surface area contributed by atoms with Gasteiger partial charge in [0.2, 0.25) is 0 Å². The predicted octanol–water partition coefficient (Wildman–Crippen LogP) is 3.01. The van der Waals surface area contributed by atoms with E-state index in [0.29, 0.717) is 35.8 Å². The molecule has 2 N–H and O–H groups in total. The minimum absolute atomic E-state index is 0.0791. The number of nitrogens with zero attached hydrogens (tertiary/aromatic N) is 1. The van der Waals surface area contributed by atoms with E-state index in [1.807, 2.05) is 6.92 Å². The number of ether oxygens (including phenoxy) is 2. The van der Waals surface area contributed by atoms with Crippen LogP contribution in [0.25, 0.3) is 11.1 Å². The zero-order valence-electron chi connectivity index (χ0n) is 16.7. The van der Waals surface area contributed by atoms with Gasteiger partial charge in [-0.25, -0.2) is 9.63 Å². The number of benzene rings is 2. The van der Waals surface area contributed by atoms with Gasteiger partial charge in [0.15, 0.2) is 17.1 Å². The first kappa shape index (κ1) is 21.4. The summed E-state index contributed by atoms with van der Waals surface area (Å²) in [6, 6.07) is 9.29. The second kappa shape index (κ2) is 9.49. The summed E-state index contributed by atoms with van der Waals surface area (Å²) in [5, 5.41) is 3.82. The molecule has 0 unspecified atom stereocenters. The second-order valence-corrected chi connectivity index (χ2v) is 8.03. The topological polar surface area (TPSA) is 123 Å². The van der Waals surface area contributed by atoms with Gasteiger partial charge in [0, 0.05) is 6.07 Å². The van der Waals surface area contributed by atoms with Crippen LogP contribution in [0.2, 0.25) is 0 Å². The molecular formula is C20H23N3O6S. The van der Waals surface area contributed by atoms with Crippen LogP contribution in [-0.2, 0) is 10.0 Å². The van der Waals surface area contributed by atoms with Crippen molar-refractivity contribution < 1.29 is 22.3 Å². The average molecular weight is 433 g/mol. The Hall–Kier alpha value is -3.27. The van der Waals surface area contributed by atoms with Crippen molar-refractivity contribution in [2.24, 2.45) is 5.10 Å². The molecule has 0 radical (unpaired) electrons. The van der Waals surface area contributed by atoms with Gasteiger partial charge in [-0.1, -0.05) is 13.3 Å². The Bertz CT molecular complexity index is 1200. The molecule has 160 valence electrons. The number of hydrogen-bond donors (Lipinski definition) is 2. The van der Waals surface area contributed by atoms with Crippen LogP contribution in [0, 0.1) is 0 Å². The lowest BCUT2D eigenvalue weighted by Gasteiger charge is -2.12. The van der Waals surface area contributed by atoms with E-state index in [1.54, 1.807) is 18.2 Å². The molecule has 0 saturated carbocycles. The van der Waals surface area contributed by atoms with E-state index < -0.39 is 15.8 Å². The third kappa shape index (κ3) is 5.20. The third-order valence-corrected chi connectivity index (χ3v) is 5.33. The molecule has 10 heteroatoms. The summed E-state index contributed by atoms with van der Waals surface area (Å²) in [4.78, 5) is 15.7. The van der Waals surface area contributed by atoms with Gasteiger partial charge in [-0.15, -0.1) is 0 Å². The fourth-order valence-corrected chi connectivity index (χ4v) is 3.44. The van der Waals surface area contributed by atoms with Crippen LogP contribution in [0.1, 0.15) is 32.3 Å². The summed E-state index contributed by atoms with van der Waals surface area (Å²) < 4.78 is 41.1. The Balaban J connectivity index is 1.73. The highest BCUT2D eigenvalue weighted by Gasteiger charge is 2.15. The number of fused-ring (bicyclic) bond motifs is 1. The number of sulfonamides is 1. The molecule has 3 aromatic rings. The van der Waals surface area contributed by atoms with Crippen LogP contribution < -0.4 is 20.1 Å². The molecule has 3 rings (SSSR count). The van der Waals surface area contributed by atoms with Crippen LogP contribution in [0.3, 0.4) is 0 Å². The molecule has 0 fully saturated rings. The van der Waals surface area contributed by atoms with Crippen molar-refractivity contribution in [3.05, 3.63) is 52.5 Å². The first-order valence-corrected chi connectivity index (χ1v) is 11.0. The van der Waals surface area contributed by atoms with Gasteiger partial charge >= 0.3 is 5.76 Å². The highest BCUT2D eigenvalue weighted by Crippen LogP contribution is 2.28. The van der Waals surface area contributed by atoms with E-state index in [-0.39, 0.29) is 10.5 Å². The minimum Gasteiger partial charge on any atom is -0.490 e. The fourth-order valence-electron chi connectivity index (χ4n) is 2.63. The number of hydrogen-bond acceptors (Lipinski definition) is 7. The molecule has 0 atom stereocenters. The van der Waals surface area contributed by atoms with Gasteiger partial charge in [0.05, 0.1) is 29.8 Å². The van der Waals surface area contributed by atoms with Gasteiger partial charge in [-0.05, 0) is 49.2 Å². The lowest BCUT2D eigenvalue weighted by atomic mass is 10.2. The van der Waals surface area contributed by atoms with E-state index in [1.165, 1.54) is 24.4 Å². The van der Waals surface area contributed by atoms with Crippen LogP contribution in [-0.4, -0.2) is 32.8 Å². The zero-order chi connectivity index (χ0) is 21.6. The van der Waals surface area contributed by atoms with Crippen molar-refractivity contribution in [3.8, 4) is 11.5 Å². The first-order valence-electron chi connectivity index (χ1n) is 9.50. The molecule has 0 bridgehead atoms. The van der Waals surface area contributed by atoms with Gasteiger partial charge in [-0.3, -0.25) is 4.98 Å². The maximum atomic E-state index is 12.4. The van der Waals surface area contributed by atoms with Crippen LogP contribution in [0.15, 0.2) is 55.6 Å². The molecule has 0 spiro atoms. The molecule has 1 heterocycles. The average Bonchev–Trinajstić information content (AvgIpc) is 3.09. The third-order valence-electron chi connectivity index (χ3n) is 4.11. The largest absolute Gasteiger partial charge is 0.490 e. The molecule has 0 amide bonds. The summed E-state index contributed by atoms with van der Waals surface area (Å²) in [7, 11) is -3.94. The summed E-state index contributed by atoms with van der Waals surface area (Å²) in [6.07, 6.45) is 3.33. The molecule has 0 aliphatic heterocycles. The van der Waals surface area contributed by atoms with Gasteiger partial charge in [0.1, 0.15) is 0 Å². The van der Waals surface area contributed by atoms with Crippen molar-refractivity contribution in [2.75, 3.05) is 13.2 Å². The Morgan fingerprint density at radius 3 is 2.73 bits per heavy atom. The van der Waals surface area contributed by atoms with E-state index in [4.69, 9.17) is 13.9 Å². The predicted molar refractivity (Wildman–Crippen MR) is 113 cm³/mol. The maximum Gasteiger partial charge on any atom is 0.417 e. The lowest BCUT2D eigenvalue weighted by Crippen LogP contribution is -2.18. The summed E-state index contributed by atoms with van der Waals surface area (Å²) in [5.41, 5.74) is 1.19. The normalized spacial score (nSPS) is 11.8. The standard InChI is InChI=1S/C20H23N3O6S/c1-3-5-10-28-17-9-6-14(11-19(17)27-4-2)13-21-23-30(25,26)15-7-8-16-18(12-15)29-20(24)22-16/h6-9,11-13,23H,3-5,10H2,1-2H3,(H,22,24)/b21-13+. The highest BCUT2D eigenvalue weighted by molar-refractivity contribution is 7.89. The molecule has 0 saturated heterocycles. The molecular weight excluding hydrogens is 410 g/mol. The van der Waals surface area contributed by atoms with Gasteiger partial charge < -0.3 is 13.9 Å². The molecule has 30 heavy (non-hydrogen) atoms. The number of unbranched alkanes of at least 4 members (excludes halogenated alkanes) is 1. The number of oxazole rings is 1. The number of nitrogens with one attached hydrogen (secondary N) is 2. The van der Waals surface area contributed by atoms with E-state index in [2.05, 4.69) is 21.8 Å². The van der Waals surface area contributed by atoms with Crippen LogP contribution >= 0.6 is 0 Å². The summed E-state index contributed by atoms with van der Waals surface area (Å²) in [6.45, 7) is 5.01. The monoisotopic (exact) mass is 433 g/mol. The first-order chi connectivity index (χ1) is 14.4. The second-order valence-electron chi connectivity index (χ2n) is 6.37. The van der Waals surface area contributed by atoms with Crippen molar-refractivity contribution in [1.82, 2.24) is 9.82 Å². The van der Waals surface area contributed by atoms with E-state index >= 15 is 0 Å². The number of aromatic nitrogens is 1. The van der Waals surface area contributed by atoms with E-state index in [0.717, 1.165) is 12.8 Å². The number of H-pyrrole nitrogens is 1. The van der Waals surface area contributed by atoms with Crippen LogP contribution in [0.4, 0.5) is 0 Å². The lowest BCUT2D eigenvalue weighted by molar-refractivity contribution is 0.272. The van der Waals surface area contributed by atoms with E-state index in [9.17, 15) is 13.2 Å².